The highest BCUT2D eigenvalue weighted by molar-refractivity contribution is 6.10. The van der Waals surface area contributed by atoms with Gasteiger partial charge in [-0.05, 0) is 63.4 Å². The normalized spacial score (nSPS) is 20.3. The lowest BCUT2D eigenvalue weighted by Gasteiger charge is -2.37. The number of carbonyl (C=O) groups is 1. The molecule has 2 saturated carbocycles. The Hall–Kier alpha value is -3.06. The van der Waals surface area contributed by atoms with Gasteiger partial charge in [0.15, 0.2) is 5.84 Å². The number of hydrogen-bond acceptors (Lipinski definition) is 5. The predicted molar refractivity (Wildman–Crippen MR) is 130 cm³/mol. The van der Waals surface area contributed by atoms with Crippen LogP contribution in [0.3, 0.4) is 0 Å². The molecular weight excluding hydrogens is 412 g/mol. The molecule has 1 amide bonds. The molecule has 0 spiro atoms. The van der Waals surface area contributed by atoms with Crippen LogP contribution in [0.1, 0.15) is 85.0 Å². The summed E-state index contributed by atoms with van der Waals surface area (Å²) in [5.74, 6) is 1.35. The van der Waals surface area contributed by atoms with Gasteiger partial charge in [-0.3, -0.25) is 19.7 Å². The van der Waals surface area contributed by atoms with Gasteiger partial charge in [0.05, 0.1) is 12.2 Å². The number of amides is 1. The Morgan fingerprint density at radius 2 is 2.12 bits per heavy atom. The van der Waals surface area contributed by atoms with Crippen molar-refractivity contribution in [2.75, 3.05) is 11.9 Å². The number of aliphatic imine (C=N–C) groups is 1. The lowest BCUT2D eigenvalue weighted by molar-refractivity contribution is 0.0995. The smallest absolute Gasteiger partial charge is 0.260 e. The van der Waals surface area contributed by atoms with Crippen molar-refractivity contribution in [2.45, 2.75) is 70.0 Å². The first-order valence-corrected chi connectivity index (χ1v) is 11.8. The van der Waals surface area contributed by atoms with Gasteiger partial charge >= 0.3 is 0 Å². The van der Waals surface area contributed by atoms with Crippen molar-refractivity contribution in [1.82, 2.24) is 14.9 Å². The highest BCUT2D eigenvalue weighted by Crippen LogP contribution is 2.48. The van der Waals surface area contributed by atoms with Crippen LogP contribution >= 0.6 is 0 Å². The zero-order valence-corrected chi connectivity index (χ0v) is 19.7. The van der Waals surface area contributed by atoms with Gasteiger partial charge in [0.2, 0.25) is 0 Å². The lowest BCUT2D eigenvalue weighted by Crippen LogP contribution is -2.41. The van der Waals surface area contributed by atoms with Crippen molar-refractivity contribution < 1.29 is 4.79 Å². The quantitative estimate of drug-likeness (QED) is 0.536. The number of anilines is 1. The van der Waals surface area contributed by atoms with Crippen LogP contribution in [0.25, 0.3) is 0 Å². The first kappa shape index (κ1) is 21.8. The number of nitrogens with two attached hydrogens (primary N) is 1. The van der Waals surface area contributed by atoms with Crippen LogP contribution in [0, 0.1) is 0 Å². The molecule has 2 N–H and O–H groups in total. The Labute approximate surface area is 195 Å². The molecule has 0 aromatic carbocycles. The molecule has 33 heavy (non-hydrogen) atoms. The standard InChI is InChI=1S/C26H32N6O/c1-5-31(17-8-6-9-17)24(28-4)20-10-7-11-22(29-20)32-15-19-18(25(32)33)14-21(26(3)12-13-26)30-23(19)16(2)27/h5,7,10-11,14,16-17H,1,6,8-9,12-13,15,27H2,2-4H3/t16-/m0/s1. The van der Waals surface area contributed by atoms with E-state index in [0.717, 1.165) is 54.2 Å². The molecule has 0 saturated heterocycles. The van der Waals surface area contributed by atoms with Crippen molar-refractivity contribution in [3.8, 4) is 0 Å². The summed E-state index contributed by atoms with van der Waals surface area (Å²) < 4.78 is 0. The first-order valence-electron chi connectivity index (χ1n) is 11.8. The summed E-state index contributed by atoms with van der Waals surface area (Å²) in [4.78, 5) is 31.7. The molecule has 2 aliphatic carbocycles. The van der Waals surface area contributed by atoms with Crippen LogP contribution in [0.5, 0.6) is 0 Å². The molecule has 172 valence electrons. The number of pyridine rings is 2. The molecule has 0 unspecified atom stereocenters. The van der Waals surface area contributed by atoms with Crippen LogP contribution in [0.4, 0.5) is 5.82 Å². The molecule has 7 heteroatoms. The molecule has 1 atom stereocenters. The van der Waals surface area contributed by atoms with E-state index in [9.17, 15) is 4.79 Å². The molecule has 2 aromatic heterocycles. The molecule has 2 aromatic rings. The summed E-state index contributed by atoms with van der Waals surface area (Å²) in [6, 6.07) is 7.90. The molecule has 3 aliphatic rings. The van der Waals surface area contributed by atoms with Crippen LogP contribution in [-0.4, -0.2) is 39.7 Å². The second kappa shape index (κ2) is 8.06. The van der Waals surface area contributed by atoms with Crippen molar-refractivity contribution in [3.05, 3.63) is 65.3 Å². The summed E-state index contributed by atoms with van der Waals surface area (Å²) in [7, 11) is 1.77. The number of carbonyl (C=O) groups excluding carboxylic acids is 1. The molecule has 3 heterocycles. The Kier molecular flexibility index (Phi) is 5.32. The van der Waals surface area contributed by atoms with E-state index < -0.39 is 0 Å². The Bertz CT molecular complexity index is 1150. The predicted octanol–water partition coefficient (Wildman–Crippen LogP) is 4.08. The largest absolute Gasteiger partial charge is 0.329 e. The van der Waals surface area contributed by atoms with E-state index in [1.54, 1.807) is 11.9 Å². The van der Waals surface area contributed by atoms with Crippen molar-refractivity contribution in [2.24, 2.45) is 10.7 Å². The summed E-state index contributed by atoms with van der Waals surface area (Å²) in [6.45, 7) is 8.55. The van der Waals surface area contributed by atoms with Gasteiger partial charge in [0.1, 0.15) is 11.5 Å². The molecule has 0 radical (unpaired) electrons. The van der Waals surface area contributed by atoms with Crippen LogP contribution in [-0.2, 0) is 12.0 Å². The van der Waals surface area contributed by atoms with E-state index in [-0.39, 0.29) is 17.4 Å². The molecule has 2 fully saturated rings. The molecule has 7 nitrogen and oxygen atoms in total. The van der Waals surface area contributed by atoms with E-state index in [1.165, 1.54) is 6.42 Å². The molecular formula is C26H32N6O. The third-order valence-electron chi connectivity index (χ3n) is 7.36. The Balaban J connectivity index is 1.49. The topological polar surface area (TPSA) is 87.7 Å². The van der Waals surface area contributed by atoms with Gasteiger partial charge in [0.25, 0.3) is 5.91 Å². The minimum Gasteiger partial charge on any atom is -0.329 e. The average Bonchev–Trinajstić information content (AvgIpc) is 3.44. The number of aromatic nitrogens is 2. The van der Waals surface area contributed by atoms with Gasteiger partial charge in [-0.25, -0.2) is 4.98 Å². The van der Waals surface area contributed by atoms with Gasteiger partial charge in [-0.2, -0.15) is 0 Å². The zero-order valence-electron chi connectivity index (χ0n) is 19.7. The second-order valence-electron chi connectivity index (χ2n) is 9.76. The Morgan fingerprint density at radius 3 is 2.70 bits per heavy atom. The van der Waals surface area contributed by atoms with Gasteiger partial charge in [0, 0.05) is 41.4 Å². The summed E-state index contributed by atoms with van der Waals surface area (Å²) >= 11 is 0. The minimum absolute atomic E-state index is 0.0426. The number of rotatable bonds is 6. The summed E-state index contributed by atoms with van der Waals surface area (Å²) in [5, 5.41) is 0. The number of fused-ring (bicyclic) bond motifs is 1. The summed E-state index contributed by atoms with van der Waals surface area (Å²) in [5.41, 5.74) is 10.5. The maximum atomic E-state index is 13.5. The third-order valence-corrected chi connectivity index (χ3v) is 7.36. The van der Waals surface area contributed by atoms with Gasteiger partial charge in [-0.1, -0.05) is 19.6 Å². The van der Waals surface area contributed by atoms with Crippen molar-refractivity contribution in [3.63, 3.8) is 0 Å². The van der Waals surface area contributed by atoms with E-state index in [0.29, 0.717) is 24.0 Å². The monoisotopic (exact) mass is 444 g/mol. The highest BCUT2D eigenvalue weighted by atomic mass is 16.2. The van der Waals surface area contributed by atoms with E-state index >= 15 is 0 Å². The second-order valence-corrected chi connectivity index (χ2v) is 9.76. The van der Waals surface area contributed by atoms with E-state index in [4.69, 9.17) is 15.7 Å². The first-order chi connectivity index (χ1) is 15.9. The fourth-order valence-electron chi connectivity index (χ4n) is 4.77. The summed E-state index contributed by atoms with van der Waals surface area (Å²) in [6.07, 6.45) is 7.49. The fraction of sp³-hybridized carbons (Fsp3) is 0.462. The van der Waals surface area contributed by atoms with E-state index in [1.807, 2.05) is 37.4 Å². The van der Waals surface area contributed by atoms with Crippen molar-refractivity contribution in [1.29, 1.82) is 0 Å². The highest BCUT2D eigenvalue weighted by Gasteiger charge is 2.43. The lowest BCUT2D eigenvalue weighted by atomic mass is 9.91. The number of nitrogens with zero attached hydrogens (tertiary/aromatic N) is 5. The molecule has 1 aliphatic heterocycles. The molecule has 0 bridgehead atoms. The molecule has 5 rings (SSSR count). The average molecular weight is 445 g/mol. The van der Waals surface area contributed by atoms with Crippen LogP contribution in [0.15, 0.2) is 42.0 Å². The maximum Gasteiger partial charge on any atom is 0.260 e. The fourth-order valence-corrected chi connectivity index (χ4v) is 4.77. The van der Waals surface area contributed by atoms with E-state index in [2.05, 4.69) is 23.4 Å². The Morgan fingerprint density at radius 1 is 1.36 bits per heavy atom. The van der Waals surface area contributed by atoms with Crippen LogP contribution in [0.2, 0.25) is 0 Å². The zero-order chi connectivity index (χ0) is 23.3. The van der Waals surface area contributed by atoms with Crippen LogP contribution < -0.4 is 10.6 Å². The van der Waals surface area contributed by atoms with Gasteiger partial charge < -0.3 is 10.6 Å². The number of hydrogen-bond donors (Lipinski definition) is 1. The minimum atomic E-state index is -0.240. The number of amidine groups is 1. The SMILES string of the molecule is C=CN(C(=NC)c1cccc(N2Cc3c(cc(C4(C)CC4)nc3[C@H](C)N)C2=O)n1)C1CCC1. The van der Waals surface area contributed by atoms with Gasteiger partial charge in [-0.15, -0.1) is 0 Å². The maximum absolute atomic E-state index is 13.5. The third kappa shape index (κ3) is 3.64. The van der Waals surface area contributed by atoms with Crippen molar-refractivity contribution >= 4 is 17.6 Å².